The van der Waals surface area contributed by atoms with Crippen molar-refractivity contribution in [3.8, 4) is 0 Å². The Balaban J connectivity index is 1.67. The normalized spacial score (nSPS) is 27.1. The molecule has 2 aliphatic carbocycles. The zero-order chi connectivity index (χ0) is 14.4. The summed E-state index contributed by atoms with van der Waals surface area (Å²) in [6.45, 7) is 4.93. The van der Waals surface area contributed by atoms with Crippen LogP contribution in [0.25, 0.3) is 0 Å². The highest BCUT2D eigenvalue weighted by molar-refractivity contribution is 4.83. The Morgan fingerprint density at radius 2 is 1.55 bits per heavy atom. The molecule has 0 amide bonds. The second kappa shape index (κ2) is 7.82. The number of rotatable bonds is 6. The van der Waals surface area contributed by atoms with Gasteiger partial charge in [0, 0.05) is 0 Å². The van der Waals surface area contributed by atoms with Crippen molar-refractivity contribution in [3.05, 3.63) is 0 Å². The lowest BCUT2D eigenvalue weighted by molar-refractivity contribution is -0.00728. The van der Waals surface area contributed by atoms with E-state index in [1.165, 1.54) is 64.2 Å². The summed E-state index contributed by atoms with van der Waals surface area (Å²) in [5, 5.41) is 10.6. The molecule has 1 nitrogen and oxygen atoms in total. The van der Waals surface area contributed by atoms with E-state index in [4.69, 9.17) is 0 Å². The van der Waals surface area contributed by atoms with Crippen molar-refractivity contribution in [3.63, 3.8) is 0 Å². The third-order valence-corrected chi connectivity index (χ3v) is 6.38. The first-order chi connectivity index (χ1) is 9.61. The average Bonchev–Trinajstić information content (AvgIpc) is 2.48. The molecule has 1 heteroatoms. The molecule has 2 unspecified atom stereocenters. The first kappa shape index (κ1) is 16.3. The highest BCUT2D eigenvalue weighted by Crippen LogP contribution is 2.37. The van der Waals surface area contributed by atoms with Gasteiger partial charge in [0.2, 0.25) is 0 Å². The van der Waals surface area contributed by atoms with Gasteiger partial charge in [-0.2, -0.15) is 0 Å². The summed E-state index contributed by atoms with van der Waals surface area (Å²) in [6, 6.07) is 0. The molecular weight excluding hydrogens is 244 g/mol. The van der Waals surface area contributed by atoms with E-state index in [1.807, 2.05) is 0 Å². The lowest BCUT2D eigenvalue weighted by Gasteiger charge is -2.34. The molecule has 0 bridgehead atoms. The predicted molar refractivity (Wildman–Crippen MR) is 86.8 cm³/mol. The fourth-order valence-electron chi connectivity index (χ4n) is 4.60. The maximum atomic E-state index is 10.6. The van der Waals surface area contributed by atoms with Crippen LogP contribution in [0.2, 0.25) is 0 Å². The second-order valence-corrected chi connectivity index (χ2v) is 7.91. The Morgan fingerprint density at radius 1 is 0.950 bits per heavy atom. The molecule has 20 heavy (non-hydrogen) atoms. The summed E-state index contributed by atoms with van der Waals surface area (Å²) in [6.07, 6.45) is 16.8. The van der Waals surface area contributed by atoms with Crippen molar-refractivity contribution in [2.45, 2.75) is 103 Å². The van der Waals surface area contributed by atoms with Crippen LogP contribution in [0, 0.1) is 17.8 Å². The van der Waals surface area contributed by atoms with Crippen molar-refractivity contribution < 1.29 is 5.11 Å². The van der Waals surface area contributed by atoms with Gasteiger partial charge < -0.3 is 5.11 Å². The molecule has 0 aliphatic heterocycles. The summed E-state index contributed by atoms with van der Waals surface area (Å²) in [5.74, 6) is 2.71. The Morgan fingerprint density at radius 3 is 2.20 bits per heavy atom. The topological polar surface area (TPSA) is 20.2 Å². The standard InChI is InChI=1S/C19H36O/c1-16(17(2)18-11-5-3-6-12-18)10-9-15-19(20)13-7-4-8-14-19/h16-18,20H,3-15H2,1-2H3. The molecule has 0 spiro atoms. The highest BCUT2D eigenvalue weighted by Gasteiger charge is 2.29. The van der Waals surface area contributed by atoms with E-state index in [1.54, 1.807) is 0 Å². The first-order valence-corrected chi connectivity index (χ1v) is 9.33. The summed E-state index contributed by atoms with van der Waals surface area (Å²) in [5.41, 5.74) is -0.300. The fourth-order valence-corrected chi connectivity index (χ4v) is 4.60. The molecule has 0 aromatic carbocycles. The van der Waals surface area contributed by atoms with E-state index in [2.05, 4.69) is 13.8 Å². The maximum Gasteiger partial charge on any atom is 0.0647 e. The van der Waals surface area contributed by atoms with Gasteiger partial charge in [0.05, 0.1) is 5.60 Å². The van der Waals surface area contributed by atoms with Crippen molar-refractivity contribution in [2.24, 2.45) is 17.8 Å². The smallest absolute Gasteiger partial charge is 0.0647 e. The van der Waals surface area contributed by atoms with Crippen molar-refractivity contribution in [1.29, 1.82) is 0 Å². The predicted octanol–water partition coefficient (Wildman–Crippen LogP) is 5.70. The number of hydrogen-bond donors (Lipinski definition) is 1. The quantitative estimate of drug-likeness (QED) is 0.661. The molecule has 118 valence electrons. The van der Waals surface area contributed by atoms with E-state index in [9.17, 15) is 5.11 Å². The number of aliphatic hydroxyl groups is 1. The fraction of sp³-hybridized carbons (Fsp3) is 1.00. The minimum Gasteiger partial charge on any atom is -0.390 e. The van der Waals surface area contributed by atoms with Crippen LogP contribution in [0.4, 0.5) is 0 Å². The van der Waals surface area contributed by atoms with Crippen molar-refractivity contribution in [2.75, 3.05) is 0 Å². The van der Waals surface area contributed by atoms with Gasteiger partial charge in [-0.3, -0.25) is 0 Å². The average molecular weight is 280 g/mol. The Bertz CT molecular complexity index is 261. The lowest BCUT2D eigenvalue weighted by atomic mass is 9.73. The van der Waals surface area contributed by atoms with E-state index >= 15 is 0 Å². The minimum atomic E-state index is -0.300. The van der Waals surface area contributed by atoms with Gasteiger partial charge in [0.1, 0.15) is 0 Å². The van der Waals surface area contributed by atoms with Gasteiger partial charge in [-0.1, -0.05) is 78.1 Å². The third-order valence-electron chi connectivity index (χ3n) is 6.38. The SMILES string of the molecule is CC(CCCC1(O)CCCCC1)C(C)C1CCCCC1. The van der Waals surface area contributed by atoms with E-state index < -0.39 is 0 Å². The first-order valence-electron chi connectivity index (χ1n) is 9.33. The lowest BCUT2D eigenvalue weighted by Crippen LogP contribution is -2.31. The zero-order valence-electron chi connectivity index (χ0n) is 13.9. The van der Waals surface area contributed by atoms with Crippen LogP contribution >= 0.6 is 0 Å². The summed E-state index contributed by atoms with van der Waals surface area (Å²) < 4.78 is 0. The number of hydrogen-bond acceptors (Lipinski definition) is 1. The molecule has 0 heterocycles. The molecule has 0 radical (unpaired) electrons. The van der Waals surface area contributed by atoms with Crippen LogP contribution in [0.15, 0.2) is 0 Å². The van der Waals surface area contributed by atoms with Crippen LogP contribution in [0.5, 0.6) is 0 Å². The minimum absolute atomic E-state index is 0.300. The van der Waals surface area contributed by atoms with Gasteiger partial charge in [0.25, 0.3) is 0 Å². The molecule has 2 atom stereocenters. The van der Waals surface area contributed by atoms with Gasteiger partial charge in [-0.15, -0.1) is 0 Å². The van der Waals surface area contributed by atoms with Gasteiger partial charge >= 0.3 is 0 Å². The Hall–Kier alpha value is -0.0400. The van der Waals surface area contributed by atoms with Crippen molar-refractivity contribution >= 4 is 0 Å². The Kier molecular flexibility index (Phi) is 6.39. The van der Waals surface area contributed by atoms with E-state index in [0.29, 0.717) is 0 Å². The molecule has 1 N–H and O–H groups in total. The molecule has 0 saturated heterocycles. The molecular formula is C19H36O. The van der Waals surface area contributed by atoms with Crippen LogP contribution in [0.3, 0.4) is 0 Å². The molecule has 2 saturated carbocycles. The largest absolute Gasteiger partial charge is 0.390 e. The Labute approximate surface area is 126 Å². The van der Waals surface area contributed by atoms with E-state index in [0.717, 1.165) is 37.0 Å². The van der Waals surface area contributed by atoms with Crippen LogP contribution in [-0.2, 0) is 0 Å². The second-order valence-electron chi connectivity index (χ2n) is 7.91. The molecule has 0 aromatic heterocycles. The van der Waals surface area contributed by atoms with Crippen LogP contribution in [-0.4, -0.2) is 10.7 Å². The van der Waals surface area contributed by atoms with Gasteiger partial charge in [0.15, 0.2) is 0 Å². The zero-order valence-corrected chi connectivity index (χ0v) is 13.9. The van der Waals surface area contributed by atoms with Gasteiger partial charge in [-0.05, 0) is 37.0 Å². The van der Waals surface area contributed by atoms with E-state index in [-0.39, 0.29) is 5.60 Å². The molecule has 2 fully saturated rings. The molecule has 2 aliphatic rings. The van der Waals surface area contributed by atoms with Crippen LogP contribution in [0.1, 0.15) is 97.3 Å². The highest BCUT2D eigenvalue weighted by atomic mass is 16.3. The maximum absolute atomic E-state index is 10.6. The monoisotopic (exact) mass is 280 g/mol. The molecule has 0 aromatic rings. The van der Waals surface area contributed by atoms with Crippen LogP contribution < -0.4 is 0 Å². The van der Waals surface area contributed by atoms with Crippen molar-refractivity contribution in [1.82, 2.24) is 0 Å². The summed E-state index contributed by atoms with van der Waals surface area (Å²) in [4.78, 5) is 0. The summed E-state index contributed by atoms with van der Waals surface area (Å²) >= 11 is 0. The van der Waals surface area contributed by atoms with Gasteiger partial charge in [-0.25, -0.2) is 0 Å². The summed E-state index contributed by atoms with van der Waals surface area (Å²) in [7, 11) is 0. The molecule has 2 rings (SSSR count). The third kappa shape index (κ3) is 4.76.